The Bertz CT molecular complexity index is 743. The van der Waals surface area contributed by atoms with E-state index < -0.39 is 17.6 Å². The number of ether oxygens (including phenoxy) is 1. The second-order valence-electron chi connectivity index (χ2n) is 5.30. The van der Waals surface area contributed by atoms with Crippen LogP contribution in [0.2, 0.25) is 0 Å². The molecule has 5 nitrogen and oxygen atoms in total. The Morgan fingerprint density at radius 1 is 1.08 bits per heavy atom. The first kappa shape index (κ1) is 17.5. The molecule has 6 heteroatoms. The lowest BCUT2D eigenvalue weighted by Crippen LogP contribution is -2.18. The van der Waals surface area contributed by atoms with Crippen LogP contribution in [0.4, 0.5) is 4.39 Å². The van der Waals surface area contributed by atoms with Crippen LogP contribution in [0, 0.1) is 5.82 Å². The summed E-state index contributed by atoms with van der Waals surface area (Å²) < 4.78 is 19.9. The van der Waals surface area contributed by atoms with Crippen LogP contribution in [-0.2, 0) is 0 Å². The van der Waals surface area contributed by atoms with Crippen LogP contribution < -0.4 is 16.2 Å². The zero-order valence-corrected chi connectivity index (χ0v) is 13.3. The molecule has 2 rings (SSSR count). The van der Waals surface area contributed by atoms with Crippen LogP contribution >= 0.6 is 0 Å². The average Bonchev–Trinajstić information content (AvgIpc) is 2.55. The summed E-state index contributed by atoms with van der Waals surface area (Å²) in [7, 11) is 0. The highest BCUT2D eigenvalue weighted by Gasteiger charge is 2.20. The molecule has 0 atom stereocenters. The first-order valence-corrected chi connectivity index (χ1v) is 7.61. The molecule has 0 saturated heterocycles. The molecule has 0 aliphatic carbocycles. The molecular weight excluding hydrogens is 311 g/mol. The summed E-state index contributed by atoms with van der Waals surface area (Å²) in [6.07, 6.45) is 1.82. The average molecular weight is 330 g/mol. The van der Waals surface area contributed by atoms with Crippen molar-refractivity contribution in [1.29, 1.82) is 0 Å². The van der Waals surface area contributed by atoms with E-state index in [4.69, 9.17) is 16.2 Å². The highest BCUT2D eigenvalue weighted by molar-refractivity contribution is 6.08. The molecule has 2 amide bonds. The SMILES string of the molecule is CCCCOc1ccc(F)c(-c2c(C(N)=O)cccc2C(N)=O)c1. The first-order chi connectivity index (χ1) is 11.5. The van der Waals surface area contributed by atoms with Crippen LogP contribution in [0.25, 0.3) is 11.1 Å². The predicted octanol–water partition coefficient (Wildman–Crippen LogP) is 2.87. The van der Waals surface area contributed by atoms with Gasteiger partial charge in [-0.25, -0.2) is 4.39 Å². The van der Waals surface area contributed by atoms with Gasteiger partial charge in [-0.1, -0.05) is 19.4 Å². The van der Waals surface area contributed by atoms with E-state index in [0.29, 0.717) is 12.4 Å². The van der Waals surface area contributed by atoms with Crippen molar-refractivity contribution >= 4 is 11.8 Å². The molecule has 0 aromatic heterocycles. The lowest BCUT2D eigenvalue weighted by molar-refractivity contribution is 0.0999. The van der Waals surface area contributed by atoms with E-state index in [2.05, 4.69) is 0 Å². The first-order valence-electron chi connectivity index (χ1n) is 7.61. The molecule has 0 radical (unpaired) electrons. The van der Waals surface area contributed by atoms with Gasteiger partial charge in [-0.3, -0.25) is 9.59 Å². The summed E-state index contributed by atoms with van der Waals surface area (Å²) >= 11 is 0. The van der Waals surface area contributed by atoms with Gasteiger partial charge in [0.25, 0.3) is 0 Å². The quantitative estimate of drug-likeness (QED) is 0.764. The minimum atomic E-state index is -0.773. The van der Waals surface area contributed by atoms with Crippen LogP contribution in [0.5, 0.6) is 5.75 Å². The van der Waals surface area contributed by atoms with Crippen LogP contribution in [0.1, 0.15) is 40.5 Å². The van der Waals surface area contributed by atoms with Gasteiger partial charge in [-0.05, 0) is 36.8 Å². The number of primary amides is 2. The van der Waals surface area contributed by atoms with E-state index in [9.17, 15) is 14.0 Å². The van der Waals surface area contributed by atoms with E-state index in [1.54, 1.807) is 0 Å². The second kappa shape index (κ2) is 7.59. The molecule has 2 aromatic rings. The van der Waals surface area contributed by atoms with Crippen molar-refractivity contribution in [2.24, 2.45) is 11.5 Å². The van der Waals surface area contributed by atoms with Gasteiger partial charge in [-0.15, -0.1) is 0 Å². The summed E-state index contributed by atoms with van der Waals surface area (Å²) in [6, 6.07) is 8.48. The molecule has 126 valence electrons. The number of halogens is 1. The fraction of sp³-hybridized carbons (Fsp3) is 0.222. The zero-order chi connectivity index (χ0) is 17.7. The maximum Gasteiger partial charge on any atom is 0.249 e. The molecule has 0 fully saturated rings. The zero-order valence-electron chi connectivity index (χ0n) is 13.3. The number of carbonyl (C=O) groups excluding carboxylic acids is 2. The van der Waals surface area contributed by atoms with Crippen molar-refractivity contribution in [3.63, 3.8) is 0 Å². The molecule has 0 spiro atoms. The van der Waals surface area contributed by atoms with Gasteiger partial charge in [0.1, 0.15) is 11.6 Å². The molecule has 0 bridgehead atoms. The normalized spacial score (nSPS) is 10.4. The Hall–Kier alpha value is -2.89. The van der Waals surface area contributed by atoms with Crippen LogP contribution in [0.15, 0.2) is 36.4 Å². The maximum absolute atomic E-state index is 14.4. The predicted molar refractivity (Wildman–Crippen MR) is 89.3 cm³/mol. The Morgan fingerprint density at radius 3 is 2.25 bits per heavy atom. The topological polar surface area (TPSA) is 95.4 Å². The molecule has 24 heavy (non-hydrogen) atoms. The van der Waals surface area contributed by atoms with Crippen molar-refractivity contribution in [2.75, 3.05) is 6.61 Å². The Labute approximate surface area is 139 Å². The third-order valence-corrected chi connectivity index (χ3v) is 3.57. The molecule has 0 unspecified atom stereocenters. The number of rotatable bonds is 7. The number of nitrogens with two attached hydrogens (primary N) is 2. The monoisotopic (exact) mass is 330 g/mol. The van der Waals surface area contributed by atoms with E-state index in [0.717, 1.165) is 12.8 Å². The summed E-state index contributed by atoms with van der Waals surface area (Å²) in [5, 5.41) is 0. The van der Waals surface area contributed by atoms with E-state index in [1.165, 1.54) is 36.4 Å². The molecule has 4 N–H and O–H groups in total. The number of unbranched alkanes of at least 4 members (excludes halogenated alkanes) is 1. The third kappa shape index (κ3) is 3.71. The van der Waals surface area contributed by atoms with E-state index in [-0.39, 0.29) is 22.3 Å². The smallest absolute Gasteiger partial charge is 0.249 e. The van der Waals surface area contributed by atoms with Gasteiger partial charge >= 0.3 is 0 Å². The Balaban J connectivity index is 2.60. The number of amides is 2. The van der Waals surface area contributed by atoms with Gasteiger partial charge < -0.3 is 16.2 Å². The summed E-state index contributed by atoms with van der Waals surface area (Å²) in [5.41, 5.74) is 10.9. The minimum absolute atomic E-state index is 0.0240. The highest BCUT2D eigenvalue weighted by atomic mass is 19.1. The maximum atomic E-state index is 14.4. The van der Waals surface area contributed by atoms with Crippen LogP contribution in [-0.4, -0.2) is 18.4 Å². The number of hydrogen-bond donors (Lipinski definition) is 2. The van der Waals surface area contributed by atoms with Crippen molar-refractivity contribution in [2.45, 2.75) is 19.8 Å². The second-order valence-corrected chi connectivity index (χ2v) is 5.30. The van der Waals surface area contributed by atoms with Gasteiger partial charge in [-0.2, -0.15) is 0 Å². The third-order valence-electron chi connectivity index (χ3n) is 3.57. The minimum Gasteiger partial charge on any atom is -0.494 e. The van der Waals surface area contributed by atoms with Crippen molar-refractivity contribution in [1.82, 2.24) is 0 Å². The largest absolute Gasteiger partial charge is 0.494 e. The number of carbonyl (C=O) groups is 2. The lowest BCUT2D eigenvalue weighted by Gasteiger charge is -2.14. The van der Waals surface area contributed by atoms with Crippen molar-refractivity contribution in [3.05, 3.63) is 53.3 Å². The summed E-state index contributed by atoms with van der Waals surface area (Å²) in [6.45, 7) is 2.52. The summed E-state index contributed by atoms with van der Waals surface area (Å²) in [5.74, 6) is -1.71. The fourth-order valence-electron chi connectivity index (χ4n) is 2.37. The molecule has 0 aliphatic heterocycles. The number of benzene rings is 2. The Morgan fingerprint density at radius 2 is 1.71 bits per heavy atom. The molecular formula is C18H19FN2O3. The standard InChI is InChI=1S/C18H19FN2O3/c1-2-3-9-24-11-7-8-15(19)14(10-11)16-12(17(20)22)5-4-6-13(16)18(21)23/h4-8,10H,2-3,9H2,1H3,(H2,20,22)(H2,21,23). The van der Waals surface area contributed by atoms with Crippen molar-refractivity contribution < 1.29 is 18.7 Å². The van der Waals surface area contributed by atoms with E-state index >= 15 is 0 Å². The molecule has 0 heterocycles. The fourth-order valence-corrected chi connectivity index (χ4v) is 2.37. The van der Waals surface area contributed by atoms with E-state index in [1.807, 2.05) is 6.92 Å². The van der Waals surface area contributed by atoms with Gasteiger partial charge in [0.05, 0.1) is 6.61 Å². The molecule has 0 saturated carbocycles. The Kier molecular flexibility index (Phi) is 5.52. The molecule has 0 aliphatic rings. The van der Waals surface area contributed by atoms with Gasteiger partial charge in [0.15, 0.2) is 0 Å². The van der Waals surface area contributed by atoms with Gasteiger partial charge in [0, 0.05) is 22.3 Å². The summed E-state index contributed by atoms with van der Waals surface area (Å²) in [4.78, 5) is 23.4. The van der Waals surface area contributed by atoms with Crippen molar-refractivity contribution in [3.8, 4) is 16.9 Å². The number of hydrogen-bond acceptors (Lipinski definition) is 3. The highest BCUT2D eigenvalue weighted by Crippen LogP contribution is 2.32. The lowest BCUT2D eigenvalue weighted by atomic mass is 9.93. The van der Waals surface area contributed by atoms with Crippen LogP contribution in [0.3, 0.4) is 0 Å². The molecule has 2 aromatic carbocycles. The van der Waals surface area contributed by atoms with Gasteiger partial charge in [0.2, 0.25) is 11.8 Å².